The predicted molar refractivity (Wildman–Crippen MR) is 73.7 cm³/mol. The van der Waals surface area contributed by atoms with Crippen molar-refractivity contribution in [3.05, 3.63) is 29.3 Å². The minimum absolute atomic E-state index is 0.350. The van der Waals surface area contributed by atoms with Crippen LogP contribution in [0.15, 0.2) is 18.2 Å². The number of hydrogen-bond acceptors (Lipinski definition) is 3. The molecule has 0 aliphatic carbocycles. The Labute approximate surface area is 121 Å². The van der Waals surface area contributed by atoms with Gasteiger partial charge in [0, 0.05) is 19.4 Å². The van der Waals surface area contributed by atoms with Gasteiger partial charge in [-0.3, -0.25) is 10.1 Å². The van der Waals surface area contributed by atoms with Crippen molar-refractivity contribution in [3.63, 3.8) is 0 Å². The molecule has 1 amide bonds. The number of carbonyl (C=O) groups excluding carboxylic acids is 1. The van der Waals surface area contributed by atoms with Crippen molar-refractivity contribution in [1.82, 2.24) is 10.6 Å². The fourth-order valence-electron chi connectivity index (χ4n) is 2.75. The van der Waals surface area contributed by atoms with E-state index in [-0.39, 0.29) is 5.91 Å². The van der Waals surface area contributed by atoms with Crippen LogP contribution in [0.25, 0.3) is 0 Å². The van der Waals surface area contributed by atoms with Crippen LogP contribution in [0.5, 0.6) is 5.75 Å². The Kier molecular flexibility index (Phi) is 3.80. The molecule has 1 aromatic rings. The van der Waals surface area contributed by atoms with Gasteiger partial charge in [-0.1, -0.05) is 12.1 Å². The molecule has 3 rings (SSSR count). The molecule has 6 heteroatoms. The van der Waals surface area contributed by atoms with Crippen molar-refractivity contribution in [2.24, 2.45) is 0 Å². The van der Waals surface area contributed by atoms with Gasteiger partial charge in [-0.05, 0) is 23.6 Å². The molecule has 21 heavy (non-hydrogen) atoms. The van der Waals surface area contributed by atoms with Gasteiger partial charge in [0.25, 0.3) is 5.92 Å². The highest BCUT2D eigenvalue weighted by molar-refractivity contribution is 5.82. The van der Waals surface area contributed by atoms with Crippen LogP contribution >= 0.6 is 0 Å². The molecule has 1 fully saturated rings. The monoisotopic (exact) mass is 296 g/mol. The second kappa shape index (κ2) is 5.60. The van der Waals surface area contributed by atoms with Gasteiger partial charge in [-0.15, -0.1) is 0 Å². The predicted octanol–water partition coefficient (Wildman–Crippen LogP) is 1.28. The summed E-state index contributed by atoms with van der Waals surface area (Å²) in [4.78, 5) is 11.8. The lowest BCUT2D eigenvalue weighted by Crippen LogP contribution is -2.41. The Bertz CT molecular complexity index is 548. The van der Waals surface area contributed by atoms with Gasteiger partial charge < -0.3 is 10.1 Å². The molecule has 4 nitrogen and oxygen atoms in total. The van der Waals surface area contributed by atoms with Crippen molar-refractivity contribution in [2.45, 2.75) is 31.2 Å². The van der Waals surface area contributed by atoms with E-state index in [1.807, 2.05) is 12.1 Å². The van der Waals surface area contributed by atoms with E-state index in [1.165, 1.54) is 5.56 Å². The van der Waals surface area contributed by atoms with E-state index >= 15 is 0 Å². The zero-order chi connectivity index (χ0) is 14.9. The van der Waals surface area contributed by atoms with Crippen LogP contribution in [-0.4, -0.2) is 37.6 Å². The Morgan fingerprint density at radius 1 is 1.48 bits per heavy atom. The summed E-state index contributed by atoms with van der Waals surface area (Å²) in [6.07, 6.45) is 1.17. The summed E-state index contributed by atoms with van der Waals surface area (Å²) in [5, 5.41) is 5.26. The van der Waals surface area contributed by atoms with Gasteiger partial charge in [0.1, 0.15) is 5.75 Å². The van der Waals surface area contributed by atoms with Gasteiger partial charge in [-0.2, -0.15) is 0 Å². The van der Waals surface area contributed by atoms with Crippen molar-refractivity contribution < 1.29 is 18.3 Å². The molecule has 114 valence electrons. The number of amides is 1. The topological polar surface area (TPSA) is 50.4 Å². The summed E-state index contributed by atoms with van der Waals surface area (Å²) in [7, 11) is 0. The molecule has 0 radical (unpaired) electrons. The van der Waals surface area contributed by atoms with E-state index < -0.39 is 24.9 Å². The van der Waals surface area contributed by atoms with Gasteiger partial charge in [0.05, 0.1) is 19.2 Å². The number of rotatable bonds is 4. The van der Waals surface area contributed by atoms with E-state index in [2.05, 4.69) is 16.7 Å². The highest BCUT2D eigenvalue weighted by Crippen LogP contribution is 2.26. The first kappa shape index (κ1) is 14.3. The quantitative estimate of drug-likeness (QED) is 0.880. The Morgan fingerprint density at radius 3 is 3.10 bits per heavy atom. The van der Waals surface area contributed by atoms with Crippen LogP contribution in [0.4, 0.5) is 8.78 Å². The third-order valence-electron chi connectivity index (χ3n) is 3.89. The minimum Gasteiger partial charge on any atom is -0.493 e. The lowest BCUT2D eigenvalue weighted by atomic mass is 10.1. The van der Waals surface area contributed by atoms with Crippen LogP contribution in [0, 0.1) is 0 Å². The Hall–Kier alpha value is -1.69. The normalized spacial score (nSPS) is 22.7. The molecule has 1 aromatic carbocycles. The summed E-state index contributed by atoms with van der Waals surface area (Å²) < 4.78 is 31.5. The molecule has 1 saturated heterocycles. The van der Waals surface area contributed by atoms with Crippen molar-refractivity contribution in [3.8, 4) is 5.75 Å². The fourth-order valence-corrected chi connectivity index (χ4v) is 2.75. The third-order valence-corrected chi connectivity index (χ3v) is 3.89. The number of carbonyl (C=O) groups is 1. The molecule has 0 saturated carbocycles. The molecule has 2 N–H and O–H groups in total. The van der Waals surface area contributed by atoms with E-state index in [0.29, 0.717) is 13.0 Å². The van der Waals surface area contributed by atoms with Gasteiger partial charge in [0.2, 0.25) is 5.91 Å². The van der Waals surface area contributed by atoms with E-state index in [4.69, 9.17) is 4.74 Å². The zero-order valence-corrected chi connectivity index (χ0v) is 11.6. The summed E-state index contributed by atoms with van der Waals surface area (Å²) in [5.74, 6) is -2.20. The lowest BCUT2D eigenvalue weighted by Gasteiger charge is -2.11. The summed E-state index contributed by atoms with van der Waals surface area (Å²) in [5.41, 5.74) is 2.31. The van der Waals surface area contributed by atoms with Gasteiger partial charge >= 0.3 is 0 Å². The maximum Gasteiger partial charge on any atom is 0.262 e. The Balaban J connectivity index is 1.47. The number of fused-ring (bicyclic) bond motifs is 1. The van der Waals surface area contributed by atoms with Crippen LogP contribution in [0.2, 0.25) is 0 Å². The molecule has 1 unspecified atom stereocenters. The third kappa shape index (κ3) is 3.32. The molecule has 1 atom stereocenters. The first-order valence-corrected chi connectivity index (χ1v) is 7.17. The molecule has 0 spiro atoms. The lowest BCUT2D eigenvalue weighted by molar-refractivity contribution is -0.123. The fraction of sp³-hybridized carbons (Fsp3) is 0.533. The van der Waals surface area contributed by atoms with Crippen LogP contribution in [0.3, 0.4) is 0 Å². The summed E-state index contributed by atoms with van der Waals surface area (Å²) in [6, 6.07) is 5.21. The molecule has 0 bridgehead atoms. The first-order valence-electron chi connectivity index (χ1n) is 7.17. The van der Waals surface area contributed by atoms with E-state index in [1.54, 1.807) is 0 Å². The van der Waals surface area contributed by atoms with Crippen LogP contribution in [-0.2, 0) is 17.6 Å². The highest BCUT2D eigenvalue weighted by atomic mass is 19.3. The van der Waals surface area contributed by atoms with E-state index in [0.717, 1.165) is 24.3 Å². The standard InChI is InChI=1S/C15H18F2N2O2/c16-15(17)8-12(19-9-15)14(20)18-5-3-10-1-2-13-11(7-10)4-6-21-13/h1-2,7,12,19H,3-6,8-9H2,(H,18,20). The largest absolute Gasteiger partial charge is 0.493 e. The molecular weight excluding hydrogens is 278 g/mol. The first-order chi connectivity index (χ1) is 10.0. The molecular formula is C15H18F2N2O2. The van der Waals surface area contributed by atoms with Gasteiger partial charge in [-0.25, -0.2) is 8.78 Å². The average Bonchev–Trinajstić information content (AvgIpc) is 3.04. The maximum atomic E-state index is 13.0. The molecule has 2 aliphatic heterocycles. The van der Waals surface area contributed by atoms with Crippen LogP contribution < -0.4 is 15.4 Å². The highest BCUT2D eigenvalue weighted by Gasteiger charge is 2.42. The summed E-state index contributed by atoms with van der Waals surface area (Å²) in [6.45, 7) is 0.745. The number of benzene rings is 1. The van der Waals surface area contributed by atoms with E-state index in [9.17, 15) is 13.6 Å². The van der Waals surface area contributed by atoms with Crippen molar-refractivity contribution >= 4 is 5.91 Å². The number of halogens is 2. The zero-order valence-electron chi connectivity index (χ0n) is 11.6. The molecule has 2 heterocycles. The van der Waals surface area contributed by atoms with Crippen LogP contribution in [0.1, 0.15) is 17.5 Å². The number of hydrogen-bond donors (Lipinski definition) is 2. The maximum absolute atomic E-state index is 13.0. The number of ether oxygens (including phenoxy) is 1. The molecule has 0 aromatic heterocycles. The number of alkyl halides is 2. The summed E-state index contributed by atoms with van der Waals surface area (Å²) >= 11 is 0. The average molecular weight is 296 g/mol. The second-order valence-corrected chi connectivity index (χ2v) is 5.58. The minimum atomic E-state index is -2.78. The smallest absolute Gasteiger partial charge is 0.262 e. The SMILES string of the molecule is O=C(NCCc1ccc2c(c1)CCO2)C1CC(F)(F)CN1. The van der Waals surface area contributed by atoms with Crippen molar-refractivity contribution in [1.29, 1.82) is 0 Å². The second-order valence-electron chi connectivity index (χ2n) is 5.58. The molecule has 2 aliphatic rings. The number of nitrogens with one attached hydrogen (secondary N) is 2. The van der Waals surface area contributed by atoms with Gasteiger partial charge in [0.15, 0.2) is 0 Å². The Morgan fingerprint density at radius 2 is 2.33 bits per heavy atom. The van der Waals surface area contributed by atoms with Crippen molar-refractivity contribution in [2.75, 3.05) is 19.7 Å².